The van der Waals surface area contributed by atoms with Crippen molar-refractivity contribution in [2.24, 2.45) is 5.92 Å². The lowest BCUT2D eigenvalue weighted by Crippen LogP contribution is -2.39. The van der Waals surface area contributed by atoms with Crippen LogP contribution in [0.2, 0.25) is 0 Å². The number of methoxy groups -OCH3 is 1. The van der Waals surface area contributed by atoms with Crippen molar-refractivity contribution in [3.63, 3.8) is 0 Å². The first-order chi connectivity index (χ1) is 11.7. The number of rotatable bonds is 6. The fourth-order valence-corrected chi connectivity index (χ4v) is 3.96. The smallest absolute Gasteiger partial charge is 0.254 e. The number of amides is 1. The molecule has 0 atom stereocenters. The van der Waals surface area contributed by atoms with Crippen LogP contribution in [-0.4, -0.2) is 47.2 Å². The molecule has 2 aromatic rings. The summed E-state index contributed by atoms with van der Waals surface area (Å²) < 4.78 is 7.46. The first kappa shape index (κ1) is 17.2. The first-order valence-electron chi connectivity index (χ1n) is 8.50. The summed E-state index contributed by atoms with van der Waals surface area (Å²) in [5.41, 5.74) is 2.01. The molecule has 1 aliphatic rings. The lowest BCUT2D eigenvalue weighted by Gasteiger charge is -2.32. The predicted octanol–water partition coefficient (Wildman–Crippen LogP) is 2.99. The molecule has 2 aromatic heterocycles. The Hall–Kier alpha value is -1.66. The van der Waals surface area contributed by atoms with Crippen LogP contribution in [0.1, 0.15) is 34.7 Å². The van der Waals surface area contributed by atoms with E-state index in [0.29, 0.717) is 12.5 Å². The normalized spacial score (nSPS) is 15.8. The van der Waals surface area contributed by atoms with Crippen LogP contribution in [0.3, 0.4) is 0 Å². The van der Waals surface area contributed by atoms with Gasteiger partial charge in [0.2, 0.25) is 0 Å². The quantitative estimate of drug-likeness (QED) is 0.807. The van der Waals surface area contributed by atoms with Crippen LogP contribution in [0.5, 0.6) is 0 Å². The standard InChI is InChI=1S/C18H25N3O2S/c1-14-12-19-17(21(14)8-9-23-2)11-15-3-6-20(7-4-15)18(22)16-5-10-24-13-16/h5,10,12-13,15H,3-4,6-9,11H2,1-2H3. The van der Waals surface area contributed by atoms with Crippen molar-refractivity contribution in [3.8, 4) is 0 Å². The summed E-state index contributed by atoms with van der Waals surface area (Å²) in [6, 6.07) is 1.91. The number of hydrogen-bond donors (Lipinski definition) is 0. The Labute approximate surface area is 147 Å². The maximum Gasteiger partial charge on any atom is 0.254 e. The van der Waals surface area contributed by atoms with E-state index in [2.05, 4.69) is 16.5 Å². The molecule has 130 valence electrons. The minimum Gasteiger partial charge on any atom is -0.383 e. The molecule has 3 heterocycles. The number of hydrogen-bond acceptors (Lipinski definition) is 4. The molecule has 24 heavy (non-hydrogen) atoms. The third-order valence-electron chi connectivity index (χ3n) is 4.80. The maximum absolute atomic E-state index is 12.4. The molecule has 0 spiro atoms. The van der Waals surface area contributed by atoms with Crippen molar-refractivity contribution in [1.82, 2.24) is 14.5 Å². The molecule has 5 nitrogen and oxygen atoms in total. The molecule has 1 aliphatic heterocycles. The van der Waals surface area contributed by atoms with Gasteiger partial charge >= 0.3 is 0 Å². The second-order valence-electron chi connectivity index (χ2n) is 6.41. The van der Waals surface area contributed by atoms with E-state index in [1.807, 2.05) is 27.9 Å². The number of carbonyl (C=O) groups is 1. The second kappa shape index (κ2) is 7.94. The molecular weight excluding hydrogens is 322 g/mol. The van der Waals surface area contributed by atoms with Gasteiger partial charge < -0.3 is 14.2 Å². The fourth-order valence-electron chi connectivity index (χ4n) is 3.33. The van der Waals surface area contributed by atoms with Gasteiger partial charge in [-0.25, -0.2) is 4.98 Å². The summed E-state index contributed by atoms with van der Waals surface area (Å²) in [5, 5.41) is 3.89. The minimum absolute atomic E-state index is 0.173. The zero-order valence-electron chi connectivity index (χ0n) is 14.4. The predicted molar refractivity (Wildman–Crippen MR) is 95.5 cm³/mol. The van der Waals surface area contributed by atoms with Gasteiger partial charge in [0, 0.05) is 50.4 Å². The molecule has 1 amide bonds. The molecule has 0 unspecified atom stereocenters. The summed E-state index contributed by atoms with van der Waals surface area (Å²) in [6.45, 7) is 5.34. The number of thiophene rings is 1. The molecule has 0 aliphatic carbocycles. The Kier molecular flexibility index (Phi) is 5.68. The monoisotopic (exact) mass is 347 g/mol. The number of likely N-dealkylation sites (tertiary alicyclic amines) is 1. The van der Waals surface area contributed by atoms with Crippen molar-refractivity contribution in [1.29, 1.82) is 0 Å². The van der Waals surface area contributed by atoms with Gasteiger partial charge in [-0.05, 0) is 37.1 Å². The van der Waals surface area contributed by atoms with E-state index in [1.165, 1.54) is 5.69 Å². The molecular formula is C18H25N3O2S. The van der Waals surface area contributed by atoms with Gasteiger partial charge in [0.05, 0.1) is 12.2 Å². The number of ether oxygens (including phenoxy) is 1. The molecule has 6 heteroatoms. The van der Waals surface area contributed by atoms with E-state index in [9.17, 15) is 4.79 Å². The minimum atomic E-state index is 0.173. The van der Waals surface area contributed by atoms with E-state index in [4.69, 9.17) is 4.74 Å². The van der Waals surface area contributed by atoms with Crippen molar-refractivity contribution >= 4 is 17.2 Å². The van der Waals surface area contributed by atoms with Crippen LogP contribution in [0.15, 0.2) is 23.0 Å². The Morgan fingerprint density at radius 2 is 2.21 bits per heavy atom. The van der Waals surface area contributed by atoms with Gasteiger partial charge in [-0.15, -0.1) is 0 Å². The highest BCUT2D eigenvalue weighted by Gasteiger charge is 2.25. The maximum atomic E-state index is 12.4. The topological polar surface area (TPSA) is 47.4 Å². The number of aromatic nitrogens is 2. The van der Waals surface area contributed by atoms with Crippen LogP contribution in [-0.2, 0) is 17.7 Å². The van der Waals surface area contributed by atoms with Crippen LogP contribution < -0.4 is 0 Å². The van der Waals surface area contributed by atoms with Crippen LogP contribution in [0, 0.1) is 12.8 Å². The highest BCUT2D eigenvalue weighted by atomic mass is 32.1. The summed E-state index contributed by atoms with van der Waals surface area (Å²) in [7, 11) is 1.73. The SMILES string of the molecule is COCCn1c(C)cnc1CC1CCN(C(=O)c2ccsc2)CC1. The zero-order chi connectivity index (χ0) is 16.9. The van der Waals surface area contributed by atoms with Crippen molar-refractivity contribution in [2.75, 3.05) is 26.8 Å². The average Bonchev–Trinajstić information content (AvgIpc) is 3.24. The summed E-state index contributed by atoms with van der Waals surface area (Å²) in [5.74, 6) is 1.92. The van der Waals surface area contributed by atoms with E-state index in [-0.39, 0.29) is 5.91 Å². The van der Waals surface area contributed by atoms with Gasteiger partial charge in [0.25, 0.3) is 5.91 Å². The third-order valence-corrected chi connectivity index (χ3v) is 5.48. The van der Waals surface area contributed by atoms with Gasteiger partial charge in [0.1, 0.15) is 5.82 Å². The third kappa shape index (κ3) is 3.87. The Morgan fingerprint density at radius 1 is 1.42 bits per heavy atom. The Morgan fingerprint density at radius 3 is 2.88 bits per heavy atom. The first-order valence-corrected chi connectivity index (χ1v) is 9.44. The van der Waals surface area contributed by atoms with Gasteiger partial charge in [0.15, 0.2) is 0 Å². The Balaban J connectivity index is 1.55. The molecule has 1 fully saturated rings. The molecule has 1 saturated heterocycles. The molecule has 0 saturated carbocycles. The van der Waals surface area contributed by atoms with Crippen molar-refractivity contribution in [3.05, 3.63) is 40.1 Å². The van der Waals surface area contributed by atoms with Gasteiger partial charge in [-0.1, -0.05) is 0 Å². The average molecular weight is 347 g/mol. The van der Waals surface area contributed by atoms with Gasteiger partial charge in [-0.2, -0.15) is 11.3 Å². The van der Waals surface area contributed by atoms with Crippen molar-refractivity contribution < 1.29 is 9.53 Å². The fraction of sp³-hybridized carbons (Fsp3) is 0.556. The number of aryl methyl sites for hydroxylation is 1. The zero-order valence-corrected chi connectivity index (χ0v) is 15.2. The lowest BCUT2D eigenvalue weighted by atomic mass is 9.93. The van der Waals surface area contributed by atoms with Crippen molar-refractivity contribution in [2.45, 2.75) is 32.7 Å². The van der Waals surface area contributed by atoms with Gasteiger partial charge in [-0.3, -0.25) is 4.79 Å². The lowest BCUT2D eigenvalue weighted by molar-refractivity contribution is 0.0690. The number of imidazole rings is 1. The number of piperidine rings is 1. The van der Waals surface area contributed by atoms with E-state index in [0.717, 1.165) is 50.3 Å². The van der Waals surface area contributed by atoms with Crippen LogP contribution in [0.4, 0.5) is 0 Å². The Bertz CT molecular complexity index is 658. The summed E-state index contributed by atoms with van der Waals surface area (Å²) in [4.78, 5) is 19.0. The highest BCUT2D eigenvalue weighted by molar-refractivity contribution is 7.08. The summed E-state index contributed by atoms with van der Waals surface area (Å²) >= 11 is 1.58. The van der Waals surface area contributed by atoms with Crippen LogP contribution >= 0.6 is 11.3 Å². The molecule has 0 aromatic carbocycles. The van der Waals surface area contributed by atoms with E-state index >= 15 is 0 Å². The van der Waals surface area contributed by atoms with E-state index in [1.54, 1.807) is 18.4 Å². The summed E-state index contributed by atoms with van der Waals surface area (Å²) in [6.07, 6.45) is 5.02. The molecule has 3 rings (SSSR count). The molecule has 0 N–H and O–H groups in total. The molecule has 0 bridgehead atoms. The molecule has 0 radical (unpaired) electrons. The number of carbonyl (C=O) groups excluding carboxylic acids is 1. The van der Waals surface area contributed by atoms with E-state index < -0.39 is 0 Å². The van der Waals surface area contributed by atoms with Crippen LogP contribution in [0.25, 0.3) is 0 Å². The highest BCUT2D eigenvalue weighted by Crippen LogP contribution is 2.23. The largest absolute Gasteiger partial charge is 0.383 e. The second-order valence-corrected chi connectivity index (χ2v) is 7.19. The number of nitrogens with zero attached hydrogens (tertiary/aromatic N) is 3.